The molecule has 7 nitrogen and oxygen atoms in total. The molecule has 0 atom stereocenters. The molecule has 2 aromatic rings. The van der Waals surface area contributed by atoms with E-state index < -0.39 is 11.8 Å². The Morgan fingerprint density at radius 1 is 1.15 bits per heavy atom. The number of amides is 2. The van der Waals surface area contributed by atoms with Gasteiger partial charge in [-0.25, -0.2) is 5.43 Å². The van der Waals surface area contributed by atoms with Crippen LogP contribution in [-0.4, -0.2) is 30.2 Å². The highest BCUT2D eigenvalue weighted by Crippen LogP contribution is 2.25. The van der Waals surface area contributed by atoms with Crippen molar-refractivity contribution in [2.45, 2.75) is 20.3 Å². The van der Waals surface area contributed by atoms with E-state index in [0.717, 1.165) is 11.1 Å². The second-order valence-electron chi connectivity index (χ2n) is 5.77. The van der Waals surface area contributed by atoms with Gasteiger partial charge in [0, 0.05) is 5.69 Å². The molecule has 0 aromatic heterocycles. The van der Waals surface area contributed by atoms with Crippen molar-refractivity contribution in [1.82, 2.24) is 5.43 Å². The van der Waals surface area contributed by atoms with Gasteiger partial charge in [0.05, 0.1) is 13.3 Å². The molecule has 0 bridgehead atoms. The minimum absolute atomic E-state index is 0.0109. The minimum atomic E-state index is -0.533. The maximum absolute atomic E-state index is 11.9. The van der Waals surface area contributed by atoms with Gasteiger partial charge in [0.25, 0.3) is 0 Å². The average Bonchev–Trinajstić information content (AvgIpc) is 2.58. The maximum Gasteiger partial charge on any atom is 0.249 e. The van der Waals surface area contributed by atoms with E-state index in [4.69, 9.17) is 4.74 Å². The Morgan fingerprint density at radius 3 is 2.62 bits per heavy atom. The number of hydrogen-bond acceptors (Lipinski definition) is 5. The first kappa shape index (κ1) is 19.0. The maximum atomic E-state index is 11.9. The summed E-state index contributed by atoms with van der Waals surface area (Å²) < 4.78 is 4.99. The molecule has 2 amide bonds. The predicted octanol–water partition coefficient (Wildman–Crippen LogP) is 2.50. The summed E-state index contributed by atoms with van der Waals surface area (Å²) in [4.78, 5) is 23.7. The smallest absolute Gasteiger partial charge is 0.249 e. The number of hydrogen-bond donors (Lipinski definition) is 3. The molecule has 2 aromatic carbocycles. The number of methoxy groups -OCH3 is 1. The number of benzene rings is 2. The number of anilines is 1. The van der Waals surface area contributed by atoms with Crippen molar-refractivity contribution < 1.29 is 19.4 Å². The molecule has 0 heterocycles. The lowest BCUT2D eigenvalue weighted by molar-refractivity contribution is -0.126. The molecule has 0 radical (unpaired) electrons. The SMILES string of the molecule is COc1cc(/C=N/NC(=O)CC(=O)Nc2ccc(C)cc2C)ccc1O. The molecule has 0 saturated carbocycles. The normalized spacial score (nSPS) is 10.6. The standard InChI is InChI=1S/C19H21N3O4/c1-12-4-6-15(13(2)8-12)21-18(24)10-19(25)22-20-11-14-5-7-16(23)17(9-14)26-3/h4-9,11,23H,10H2,1-3H3,(H,21,24)(H,22,25)/b20-11+. The highest BCUT2D eigenvalue weighted by molar-refractivity contribution is 6.04. The number of hydrazone groups is 1. The number of aryl methyl sites for hydroxylation is 2. The van der Waals surface area contributed by atoms with Crippen molar-refractivity contribution in [1.29, 1.82) is 0 Å². The molecule has 0 aliphatic carbocycles. The van der Waals surface area contributed by atoms with E-state index >= 15 is 0 Å². The van der Waals surface area contributed by atoms with Gasteiger partial charge in [-0.15, -0.1) is 0 Å². The fourth-order valence-electron chi connectivity index (χ4n) is 2.29. The lowest BCUT2D eigenvalue weighted by atomic mass is 10.1. The first-order valence-corrected chi connectivity index (χ1v) is 7.95. The number of aromatic hydroxyl groups is 1. The summed E-state index contributed by atoms with van der Waals surface area (Å²) in [5.41, 5.74) is 5.61. The summed E-state index contributed by atoms with van der Waals surface area (Å²) in [5.74, 6) is -0.643. The van der Waals surface area contributed by atoms with Crippen molar-refractivity contribution >= 4 is 23.7 Å². The zero-order valence-electron chi connectivity index (χ0n) is 14.9. The second kappa shape index (κ2) is 8.66. The number of nitrogens with one attached hydrogen (secondary N) is 2. The number of rotatable bonds is 6. The van der Waals surface area contributed by atoms with E-state index in [9.17, 15) is 14.7 Å². The molecule has 0 unspecified atom stereocenters. The molecule has 136 valence electrons. The van der Waals surface area contributed by atoms with Crippen LogP contribution < -0.4 is 15.5 Å². The van der Waals surface area contributed by atoms with Gasteiger partial charge in [0.15, 0.2) is 11.5 Å². The Bertz CT molecular complexity index is 847. The van der Waals surface area contributed by atoms with Crippen LogP contribution in [0.1, 0.15) is 23.1 Å². The van der Waals surface area contributed by atoms with Gasteiger partial charge in [-0.2, -0.15) is 5.10 Å². The monoisotopic (exact) mass is 355 g/mol. The van der Waals surface area contributed by atoms with Crippen LogP contribution >= 0.6 is 0 Å². The molecule has 7 heteroatoms. The van der Waals surface area contributed by atoms with Crippen molar-refractivity contribution in [3.8, 4) is 11.5 Å². The van der Waals surface area contributed by atoms with Gasteiger partial charge in [0.1, 0.15) is 6.42 Å². The number of carbonyl (C=O) groups excluding carboxylic acids is 2. The topological polar surface area (TPSA) is 100 Å². The first-order valence-electron chi connectivity index (χ1n) is 7.95. The van der Waals surface area contributed by atoms with Crippen molar-refractivity contribution in [3.05, 3.63) is 53.1 Å². The van der Waals surface area contributed by atoms with Crippen LogP contribution in [0.5, 0.6) is 11.5 Å². The Kier molecular flexibility index (Phi) is 6.32. The summed E-state index contributed by atoms with van der Waals surface area (Å²) in [6.07, 6.45) is 1.05. The van der Waals surface area contributed by atoms with Gasteiger partial charge in [0.2, 0.25) is 11.8 Å². The van der Waals surface area contributed by atoms with Crippen molar-refractivity contribution in [2.24, 2.45) is 5.10 Å². The summed E-state index contributed by atoms with van der Waals surface area (Å²) in [5, 5.41) is 16.0. The second-order valence-corrected chi connectivity index (χ2v) is 5.77. The number of ether oxygens (including phenoxy) is 1. The quantitative estimate of drug-likeness (QED) is 0.421. The van der Waals surface area contributed by atoms with Crippen LogP contribution in [0.4, 0.5) is 5.69 Å². The van der Waals surface area contributed by atoms with E-state index in [1.807, 2.05) is 26.0 Å². The molecule has 3 N–H and O–H groups in total. The number of carbonyl (C=O) groups is 2. The van der Waals surface area contributed by atoms with Gasteiger partial charge in [-0.1, -0.05) is 17.7 Å². The number of phenols is 1. The van der Waals surface area contributed by atoms with Gasteiger partial charge in [-0.05, 0) is 49.2 Å². The molecule has 26 heavy (non-hydrogen) atoms. The molecular formula is C19H21N3O4. The Balaban J connectivity index is 1.87. The number of phenolic OH excluding ortho intramolecular Hbond substituents is 1. The van der Waals surface area contributed by atoms with Crippen LogP contribution in [-0.2, 0) is 9.59 Å². The Morgan fingerprint density at radius 2 is 1.92 bits per heavy atom. The van der Waals surface area contributed by atoms with Crippen molar-refractivity contribution in [3.63, 3.8) is 0 Å². The molecule has 0 aliphatic rings. The van der Waals surface area contributed by atoms with Crippen molar-refractivity contribution in [2.75, 3.05) is 12.4 Å². The van der Waals surface area contributed by atoms with Crippen LogP contribution in [0.15, 0.2) is 41.5 Å². The lowest BCUT2D eigenvalue weighted by Crippen LogP contribution is -2.24. The Labute approximate surface area is 151 Å². The van der Waals surface area contributed by atoms with Crippen LogP contribution in [0.25, 0.3) is 0 Å². The molecule has 0 aliphatic heterocycles. The first-order chi connectivity index (χ1) is 12.4. The fraction of sp³-hybridized carbons (Fsp3) is 0.211. The van der Waals surface area contributed by atoms with E-state index in [1.165, 1.54) is 19.4 Å². The fourth-order valence-corrected chi connectivity index (χ4v) is 2.29. The summed E-state index contributed by atoms with van der Waals surface area (Å²) in [6.45, 7) is 3.85. The van der Waals surface area contributed by atoms with E-state index in [-0.39, 0.29) is 12.2 Å². The van der Waals surface area contributed by atoms with Crippen LogP contribution in [0.3, 0.4) is 0 Å². The van der Waals surface area contributed by atoms with Gasteiger partial charge < -0.3 is 15.2 Å². The van der Waals surface area contributed by atoms with Crippen LogP contribution in [0.2, 0.25) is 0 Å². The molecule has 2 rings (SSSR count). The highest BCUT2D eigenvalue weighted by atomic mass is 16.5. The average molecular weight is 355 g/mol. The summed E-state index contributed by atoms with van der Waals surface area (Å²) in [7, 11) is 1.44. The van der Waals surface area contributed by atoms with E-state index in [2.05, 4.69) is 15.8 Å². The van der Waals surface area contributed by atoms with Gasteiger partial charge in [-0.3, -0.25) is 9.59 Å². The van der Waals surface area contributed by atoms with Gasteiger partial charge >= 0.3 is 0 Å². The summed E-state index contributed by atoms with van der Waals surface area (Å²) in [6, 6.07) is 10.3. The largest absolute Gasteiger partial charge is 0.504 e. The molecule has 0 fully saturated rings. The summed E-state index contributed by atoms with van der Waals surface area (Å²) >= 11 is 0. The van der Waals surface area contributed by atoms with E-state index in [0.29, 0.717) is 17.0 Å². The highest BCUT2D eigenvalue weighted by Gasteiger charge is 2.10. The molecule has 0 saturated heterocycles. The predicted molar refractivity (Wildman–Crippen MR) is 99.6 cm³/mol. The third-order valence-electron chi connectivity index (χ3n) is 3.58. The Hall–Kier alpha value is -3.35. The number of nitrogens with zero attached hydrogens (tertiary/aromatic N) is 1. The lowest BCUT2D eigenvalue weighted by Gasteiger charge is -2.08. The zero-order valence-corrected chi connectivity index (χ0v) is 14.9. The van der Waals surface area contributed by atoms with E-state index in [1.54, 1.807) is 18.2 Å². The molecule has 0 spiro atoms. The van der Waals surface area contributed by atoms with Crippen LogP contribution in [0, 0.1) is 13.8 Å². The third-order valence-corrected chi connectivity index (χ3v) is 3.58. The zero-order chi connectivity index (χ0) is 19.1. The third kappa shape index (κ3) is 5.34. The minimum Gasteiger partial charge on any atom is -0.504 e. The molecular weight excluding hydrogens is 334 g/mol.